The molecule has 0 aromatic heterocycles. The van der Waals surface area contributed by atoms with Crippen molar-refractivity contribution in [1.29, 1.82) is 0 Å². The Morgan fingerprint density at radius 3 is 1.82 bits per heavy atom. The Labute approximate surface area is 230 Å². The van der Waals surface area contributed by atoms with Crippen LogP contribution in [-0.2, 0) is 11.2 Å². The van der Waals surface area contributed by atoms with Crippen LogP contribution in [-0.4, -0.2) is 12.6 Å². The molecular weight excluding hydrogens is 468 g/mol. The van der Waals surface area contributed by atoms with Crippen LogP contribution in [0.25, 0.3) is 11.1 Å². The van der Waals surface area contributed by atoms with Gasteiger partial charge in [-0.05, 0) is 72.7 Å². The Bertz CT molecular complexity index is 1050. The highest BCUT2D eigenvalue weighted by molar-refractivity contribution is 5.91. The number of benzene rings is 3. The first-order chi connectivity index (χ1) is 18.6. The van der Waals surface area contributed by atoms with E-state index in [0.29, 0.717) is 11.3 Å². The van der Waals surface area contributed by atoms with Gasteiger partial charge < -0.3 is 9.47 Å². The number of carbonyl (C=O) groups is 1. The SMILES string of the molecule is CCCCCCCCCCOC(C)c1ccc(-c2ccc(OC(=O)c3ccc(CCCC)cc3)cc2)cc1. The van der Waals surface area contributed by atoms with E-state index in [2.05, 4.69) is 45.0 Å². The number of hydrogen-bond donors (Lipinski definition) is 0. The fourth-order valence-corrected chi connectivity index (χ4v) is 4.61. The van der Waals surface area contributed by atoms with Gasteiger partial charge in [0.15, 0.2) is 0 Å². The fourth-order valence-electron chi connectivity index (χ4n) is 4.61. The molecule has 3 aromatic carbocycles. The minimum Gasteiger partial charge on any atom is -0.423 e. The maximum atomic E-state index is 12.5. The van der Waals surface area contributed by atoms with E-state index in [4.69, 9.17) is 9.47 Å². The molecule has 0 saturated heterocycles. The van der Waals surface area contributed by atoms with Gasteiger partial charge in [-0.1, -0.05) is 114 Å². The zero-order valence-electron chi connectivity index (χ0n) is 23.7. The third-order valence-electron chi connectivity index (χ3n) is 7.15. The molecule has 0 aliphatic carbocycles. The first kappa shape index (κ1) is 29.6. The van der Waals surface area contributed by atoms with E-state index in [1.165, 1.54) is 56.1 Å². The molecule has 38 heavy (non-hydrogen) atoms. The maximum Gasteiger partial charge on any atom is 0.343 e. The molecule has 3 aromatic rings. The van der Waals surface area contributed by atoms with Gasteiger partial charge in [-0.15, -0.1) is 0 Å². The average Bonchev–Trinajstić information content (AvgIpc) is 2.96. The van der Waals surface area contributed by atoms with Crippen molar-refractivity contribution in [3.63, 3.8) is 0 Å². The Morgan fingerprint density at radius 2 is 1.21 bits per heavy atom. The number of aryl methyl sites for hydroxylation is 1. The first-order valence-corrected chi connectivity index (χ1v) is 14.7. The second-order valence-corrected chi connectivity index (χ2v) is 10.3. The molecule has 0 heterocycles. The Balaban J connectivity index is 1.42. The number of unbranched alkanes of at least 4 members (excludes halogenated alkanes) is 8. The monoisotopic (exact) mass is 514 g/mol. The normalized spacial score (nSPS) is 11.9. The van der Waals surface area contributed by atoms with Crippen LogP contribution in [0.2, 0.25) is 0 Å². The highest BCUT2D eigenvalue weighted by atomic mass is 16.5. The number of ether oxygens (including phenoxy) is 2. The number of hydrogen-bond acceptors (Lipinski definition) is 3. The minimum absolute atomic E-state index is 0.0936. The van der Waals surface area contributed by atoms with E-state index in [1.54, 1.807) is 0 Å². The van der Waals surface area contributed by atoms with Crippen LogP contribution in [0, 0.1) is 0 Å². The van der Waals surface area contributed by atoms with Crippen LogP contribution in [0.3, 0.4) is 0 Å². The van der Waals surface area contributed by atoms with Crippen molar-refractivity contribution >= 4 is 5.97 Å². The summed E-state index contributed by atoms with van der Waals surface area (Å²) in [5.74, 6) is 0.221. The lowest BCUT2D eigenvalue weighted by atomic mass is 10.0. The largest absolute Gasteiger partial charge is 0.423 e. The summed E-state index contributed by atoms with van der Waals surface area (Å²) >= 11 is 0. The predicted molar refractivity (Wildman–Crippen MR) is 159 cm³/mol. The van der Waals surface area contributed by atoms with Crippen molar-refractivity contribution < 1.29 is 14.3 Å². The van der Waals surface area contributed by atoms with Crippen molar-refractivity contribution in [3.05, 3.63) is 89.5 Å². The van der Waals surface area contributed by atoms with Crippen molar-refractivity contribution in [2.45, 2.75) is 97.5 Å². The fraction of sp³-hybridized carbons (Fsp3) is 0.457. The summed E-state index contributed by atoms with van der Waals surface area (Å²) in [5.41, 5.74) is 5.24. The molecule has 0 fully saturated rings. The molecule has 1 atom stereocenters. The molecule has 1 unspecified atom stereocenters. The molecule has 3 heteroatoms. The minimum atomic E-state index is -0.329. The molecule has 3 nitrogen and oxygen atoms in total. The van der Waals surface area contributed by atoms with Crippen LogP contribution in [0.4, 0.5) is 0 Å². The van der Waals surface area contributed by atoms with Crippen LogP contribution in [0.15, 0.2) is 72.8 Å². The number of rotatable bonds is 17. The third-order valence-corrected chi connectivity index (χ3v) is 7.15. The Hall–Kier alpha value is -2.91. The second kappa shape index (κ2) is 16.8. The zero-order chi connectivity index (χ0) is 27.0. The van der Waals surface area contributed by atoms with E-state index in [-0.39, 0.29) is 12.1 Å². The van der Waals surface area contributed by atoms with E-state index in [1.807, 2.05) is 48.5 Å². The molecule has 0 bridgehead atoms. The lowest BCUT2D eigenvalue weighted by molar-refractivity contribution is 0.0627. The van der Waals surface area contributed by atoms with Gasteiger partial charge in [-0.3, -0.25) is 0 Å². The highest BCUT2D eigenvalue weighted by Crippen LogP contribution is 2.26. The average molecular weight is 515 g/mol. The van der Waals surface area contributed by atoms with Gasteiger partial charge in [0.05, 0.1) is 11.7 Å². The van der Waals surface area contributed by atoms with E-state index < -0.39 is 0 Å². The first-order valence-electron chi connectivity index (χ1n) is 14.7. The second-order valence-electron chi connectivity index (χ2n) is 10.3. The van der Waals surface area contributed by atoms with E-state index in [0.717, 1.165) is 43.4 Å². The highest BCUT2D eigenvalue weighted by Gasteiger charge is 2.10. The summed E-state index contributed by atoms with van der Waals surface area (Å²) < 4.78 is 11.7. The Morgan fingerprint density at radius 1 is 0.658 bits per heavy atom. The molecule has 0 spiro atoms. The molecule has 3 rings (SSSR count). The molecule has 0 saturated carbocycles. The molecular formula is C35H46O3. The maximum absolute atomic E-state index is 12.5. The lowest BCUT2D eigenvalue weighted by Crippen LogP contribution is -2.08. The predicted octanol–water partition coefficient (Wildman–Crippen LogP) is 10.1. The third kappa shape index (κ3) is 10.1. The summed E-state index contributed by atoms with van der Waals surface area (Å²) in [6.45, 7) is 7.39. The van der Waals surface area contributed by atoms with Crippen LogP contribution in [0.5, 0.6) is 5.75 Å². The summed E-state index contributed by atoms with van der Waals surface area (Å²) in [7, 11) is 0. The smallest absolute Gasteiger partial charge is 0.343 e. The Kier molecular flexibility index (Phi) is 13.1. The zero-order valence-corrected chi connectivity index (χ0v) is 23.7. The van der Waals surface area contributed by atoms with Crippen molar-refractivity contribution in [3.8, 4) is 16.9 Å². The van der Waals surface area contributed by atoms with Crippen LogP contribution >= 0.6 is 0 Å². The van der Waals surface area contributed by atoms with Gasteiger partial charge in [-0.2, -0.15) is 0 Å². The van der Waals surface area contributed by atoms with E-state index >= 15 is 0 Å². The molecule has 0 amide bonds. The van der Waals surface area contributed by atoms with Gasteiger partial charge in [0.2, 0.25) is 0 Å². The molecule has 0 aliphatic rings. The molecule has 0 N–H and O–H groups in total. The summed E-state index contributed by atoms with van der Waals surface area (Å²) in [4.78, 5) is 12.5. The van der Waals surface area contributed by atoms with Crippen molar-refractivity contribution in [1.82, 2.24) is 0 Å². The standard InChI is InChI=1S/C35H46O3/c1-4-6-8-9-10-11-12-13-27-37-28(3)30-19-21-31(22-20-30)32-23-25-34(26-24-32)38-35(36)33-17-15-29(16-18-33)14-7-5-2/h15-26,28H,4-14,27H2,1-3H3. The summed E-state index contributed by atoms with van der Waals surface area (Å²) in [6, 6.07) is 24.0. The van der Waals surface area contributed by atoms with Crippen LogP contribution < -0.4 is 4.74 Å². The number of carbonyl (C=O) groups excluding carboxylic acids is 1. The summed E-state index contributed by atoms with van der Waals surface area (Å²) in [5, 5.41) is 0. The quantitative estimate of drug-likeness (QED) is 0.102. The van der Waals surface area contributed by atoms with Gasteiger partial charge in [0, 0.05) is 6.61 Å². The van der Waals surface area contributed by atoms with Crippen molar-refractivity contribution in [2.75, 3.05) is 6.61 Å². The van der Waals surface area contributed by atoms with Crippen molar-refractivity contribution in [2.24, 2.45) is 0 Å². The van der Waals surface area contributed by atoms with Gasteiger partial charge in [-0.25, -0.2) is 4.79 Å². The molecule has 204 valence electrons. The van der Waals surface area contributed by atoms with Crippen LogP contribution in [0.1, 0.15) is 113 Å². The van der Waals surface area contributed by atoms with E-state index in [9.17, 15) is 4.79 Å². The topological polar surface area (TPSA) is 35.5 Å². The molecule has 0 radical (unpaired) electrons. The number of esters is 1. The van der Waals surface area contributed by atoms with Gasteiger partial charge >= 0.3 is 5.97 Å². The van der Waals surface area contributed by atoms with Gasteiger partial charge in [0.25, 0.3) is 0 Å². The summed E-state index contributed by atoms with van der Waals surface area (Å²) in [6.07, 6.45) is 14.0. The molecule has 0 aliphatic heterocycles. The lowest BCUT2D eigenvalue weighted by Gasteiger charge is -2.14. The van der Waals surface area contributed by atoms with Gasteiger partial charge in [0.1, 0.15) is 5.75 Å².